The van der Waals surface area contributed by atoms with E-state index in [0.29, 0.717) is 0 Å². The van der Waals surface area contributed by atoms with Gasteiger partial charge in [-0.2, -0.15) is 4.31 Å². The Balaban J connectivity index is -0.00000000889. The highest BCUT2D eigenvalue weighted by molar-refractivity contribution is 7.60. The number of hydrogen-bond donors (Lipinski definition) is 4. The molecule has 22 N–H and O–H groups in total. The number of hydrogen-bond acceptors (Lipinski definition) is 3. The Morgan fingerprint density at radius 3 is 0.611 bits per heavy atom. The Morgan fingerprint density at radius 2 is 0.611 bits per heavy atom. The second-order valence-electron chi connectivity index (χ2n) is 1.06. The molecule has 18 heteroatoms. The summed E-state index contributed by atoms with van der Waals surface area (Å²) < 4.78 is 22.2. The van der Waals surface area contributed by atoms with E-state index >= 15 is 0 Å². The fraction of sp³-hybridized carbons (Fsp3) is 0. The summed E-state index contributed by atoms with van der Waals surface area (Å²) in [5.41, 5.74) is 0. The third kappa shape index (κ3) is 101. The van der Waals surface area contributed by atoms with Crippen LogP contribution in [0.4, 0.5) is 0 Å². The van der Waals surface area contributed by atoms with Gasteiger partial charge in [0, 0.05) is 0 Å². The van der Waals surface area contributed by atoms with Gasteiger partial charge in [-0.05, 0) is 0 Å². The van der Waals surface area contributed by atoms with Crippen LogP contribution < -0.4 is 0 Å². The maximum Gasteiger partial charge on any atom is 0.478 e. The van der Waals surface area contributed by atoms with E-state index in [0.717, 1.165) is 0 Å². The molecule has 0 aromatic carbocycles. The molecule has 18 heavy (non-hydrogen) atoms. The highest BCUT2D eigenvalue weighted by Crippen LogP contribution is 2.53. The van der Waals surface area contributed by atoms with Crippen LogP contribution in [-0.2, 0) is 13.4 Å². The summed E-state index contributed by atoms with van der Waals surface area (Å²) in [5, 5.41) is 0. The Labute approximate surface area is 99.1 Å². The maximum atomic E-state index is 9.63. The number of rotatable bonds is 2. The lowest BCUT2D eigenvalue weighted by Gasteiger charge is -2.03. The highest BCUT2D eigenvalue weighted by Gasteiger charge is 2.27. The summed E-state index contributed by atoms with van der Waals surface area (Å²) in [5.74, 6) is 0. The molecule has 0 amide bonds. The first kappa shape index (κ1) is 81.9. The molecule has 0 aromatic rings. The lowest BCUT2D eigenvalue weighted by molar-refractivity contribution is 0.225. The van der Waals surface area contributed by atoms with Gasteiger partial charge < -0.3 is 68.9 Å². The Morgan fingerprint density at radius 1 is 0.500 bits per heavy atom. The monoisotopic (exact) mass is 340 g/mol. The highest BCUT2D eigenvalue weighted by atomic mass is 31.3. The summed E-state index contributed by atoms with van der Waals surface area (Å²) in [6.45, 7) is 0. The van der Waals surface area contributed by atoms with Crippen molar-refractivity contribution in [2.24, 2.45) is 0 Å². The van der Waals surface area contributed by atoms with Crippen LogP contribution in [0.5, 0.6) is 0 Å². The molecular weight excluding hydrogens is 318 g/mol. The van der Waals surface area contributed by atoms with Crippen molar-refractivity contribution in [1.29, 1.82) is 0 Å². The summed E-state index contributed by atoms with van der Waals surface area (Å²) >= 11 is 0. The first-order valence-corrected chi connectivity index (χ1v) is 4.59. The summed E-state index contributed by atoms with van der Waals surface area (Å²) in [6, 6.07) is 0. The Bertz CT molecular complexity index is 150. The van der Waals surface area contributed by atoms with Crippen LogP contribution in [0.3, 0.4) is 0 Å². The van der Waals surface area contributed by atoms with E-state index < -0.39 is 15.6 Å². The van der Waals surface area contributed by atoms with Crippen molar-refractivity contribution in [2.75, 3.05) is 0 Å². The molecule has 16 nitrogen and oxygen atoms in total. The van der Waals surface area contributed by atoms with Crippen molar-refractivity contribution < 1.29 is 82.3 Å². The molecule has 0 radical (unpaired) electrons. The molecule has 0 rings (SSSR count). The lowest BCUT2D eigenvalue weighted by Crippen LogP contribution is -1.84. The van der Waals surface area contributed by atoms with Crippen LogP contribution in [0.25, 0.3) is 0 Å². The minimum atomic E-state index is -5.05. The van der Waals surface area contributed by atoms with E-state index in [1.54, 1.807) is 0 Å². The standard InChI is InChI=1S/H4O7P2.9H2O/c1-8(2,3)7-9(4,5)6;;;;;;;;;/h(H2,1,2,3)(H2,4,5,6);9*1H2. The van der Waals surface area contributed by atoms with E-state index in [-0.39, 0.29) is 49.3 Å². The molecular formula is H22O16P2. The normalized spacial score (nSPS) is 6.89. The average Bonchev–Trinajstić information content (AvgIpc) is 1.14. The van der Waals surface area contributed by atoms with Gasteiger partial charge in [0.25, 0.3) is 0 Å². The smallest absolute Gasteiger partial charge is 0.412 e. The summed E-state index contributed by atoms with van der Waals surface area (Å²) in [4.78, 5) is 31.0. The molecule has 0 saturated carbocycles. The van der Waals surface area contributed by atoms with E-state index in [2.05, 4.69) is 4.31 Å². The van der Waals surface area contributed by atoms with Gasteiger partial charge >= 0.3 is 15.6 Å². The number of phosphoric acid groups is 2. The molecule has 0 spiro atoms. The van der Waals surface area contributed by atoms with Gasteiger partial charge in [-0.25, -0.2) is 9.13 Å². The van der Waals surface area contributed by atoms with Crippen molar-refractivity contribution in [1.82, 2.24) is 0 Å². The van der Waals surface area contributed by atoms with Crippen LogP contribution in [-0.4, -0.2) is 68.9 Å². The van der Waals surface area contributed by atoms with Gasteiger partial charge in [0.05, 0.1) is 0 Å². The minimum Gasteiger partial charge on any atom is -0.412 e. The van der Waals surface area contributed by atoms with Crippen LogP contribution in [0.2, 0.25) is 0 Å². The van der Waals surface area contributed by atoms with Crippen LogP contribution >= 0.6 is 15.6 Å². The predicted octanol–water partition coefficient (Wildman–Crippen LogP) is -8.23. The van der Waals surface area contributed by atoms with Crippen molar-refractivity contribution in [2.45, 2.75) is 0 Å². The van der Waals surface area contributed by atoms with E-state index in [1.807, 2.05) is 0 Å². The van der Waals surface area contributed by atoms with Gasteiger partial charge in [-0.3, -0.25) is 0 Å². The first-order valence-electron chi connectivity index (χ1n) is 1.53. The molecule has 0 saturated heterocycles. The fourth-order valence-electron chi connectivity index (χ4n) is 0.139. The van der Waals surface area contributed by atoms with Gasteiger partial charge in [0.1, 0.15) is 0 Å². The Hall–Kier alpha value is -0.100. The van der Waals surface area contributed by atoms with E-state index in [4.69, 9.17) is 19.6 Å². The minimum absolute atomic E-state index is 0. The van der Waals surface area contributed by atoms with E-state index in [9.17, 15) is 9.13 Å². The Kier molecular flexibility index (Phi) is 117. The maximum absolute atomic E-state index is 9.63. The van der Waals surface area contributed by atoms with Gasteiger partial charge in [0.15, 0.2) is 0 Å². The van der Waals surface area contributed by atoms with Crippen LogP contribution in [0.1, 0.15) is 0 Å². The molecule has 0 aliphatic heterocycles. The summed E-state index contributed by atoms with van der Waals surface area (Å²) in [6.07, 6.45) is 0. The molecule has 0 unspecified atom stereocenters. The third-order valence-corrected chi connectivity index (χ3v) is 1.91. The van der Waals surface area contributed by atoms with Crippen LogP contribution in [0.15, 0.2) is 0 Å². The molecule has 0 atom stereocenters. The van der Waals surface area contributed by atoms with Gasteiger partial charge in [-0.15, -0.1) is 0 Å². The van der Waals surface area contributed by atoms with Crippen molar-refractivity contribution >= 4 is 15.6 Å². The van der Waals surface area contributed by atoms with Gasteiger partial charge in [0.2, 0.25) is 0 Å². The molecule has 0 heterocycles. The lowest BCUT2D eigenvalue weighted by atomic mass is 15.7. The molecule has 0 bridgehead atoms. The van der Waals surface area contributed by atoms with E-state index in [1.165, 1.54) is 0 Å². The molecule has 0 aromatic heterocycles. The molecule has 0 fully saturated rings. The molecule has 0 aliphatic rings. The first-order chi connectivity index (χ1) is 3.71. The summed E-state index contributed by atoms with van der Waals surface area (Å²) in [7, 11) is -10.1. The quantitative estimate of drug-likeness (QED) is 0.351. The van der Waals surface area contributed by atoms with Crippen molar-refractivity contribution in [3.63, 3.8) is 0 Å². The van der Waals surface area contributed by atoms with Crippen molar-refractivity contribution in [3.8, 4) is 0 Å². The zero-order chi connectivity index (χ0) is 7.71. The second kappa shape index (κ2) is 25.7. The zero-order valence-corrected chi connectivity index (χ0v) is 10.2. The molecule has 128 valence electrons. The second-order valence-corrected chi connectivity index (χ2v) is 3.68. The predicted molar refractivity (Wildman–Crippen MR) is 57.7 cm³/mol. The fourth-order valence-corrected chi connectivity index (χ4v) is 1.25. The topological polar surface area (TPSA) is 408 Å². The van der Waals surface area contributed by atoms with Gasteiger partial charge in [-0.1, -0.05) is 0 Å². The largest absolute Gasteiger partial charge is 0.478 e. The zero-order valence-electron chi connectivity index (χ0n) is 8.41. The third-order valence-electron chi connectivity index (χ3n) is 0.213. The van der Waals surface area contributed by atoms with Crippen molar-refractivity contribution in [3.05, 3.63) is 0 Å². The van der Waals surface area contributed by atoms with Crippen LogP contribution in [0, 0.1) is 0 Å². The molecule has 0 aliphatic carbocycles. The SMILES string of the molecule is O.O.O.O.O.O.O.O.O.O=P(O)(O)OP(=O)(O)O. The average molecular weight is 340 g/mol.